The SMILES string of the molecule is Cc1nc2cc(F)cc(O)c2c(=O)n1[C@H]1CCC(=O)NC1=O. The van der Waals surface area contributed by atoms with Crippen LogP contribution >= 0.6 is 0 Å². The highest BCUT2D eigenvalue weighted by molar-refractivity contribution is 5.99. The molecule has 0 saturated carbocycles. The van der Waals surface area contributed by atoms with Gasteiger partial charge in [0.1, 0.15) is 28.8 Å². The summed E-state index contributed by atoms with van der Waals surface area (Å²) in [5, 5.41) is 11.8. The average molecular weight is 305 g/mol. The lowest BCUT2D eigenvalue weighted by Crippen LogP contribution is -2.45. The standard InChI is InChI=1S/C14H12FN3O4/c1-6-16-8-4-7(15)5-10(19)12(8)14(22)18(6)9-2-3-11(20)17-13(9)21/h4-5,9,19H,2-3H2,1H3,(H,17,20,21)/t9-/m0/s1. The van der Waals surface area contributed by atoms with Gasteiger partial charge in [0, 0.05) is 18.6 Å². The smallest absolute Gasteiger partial charge is 0.265 e. The zero-order chi connectivity index (χ0) is 16.0. The highest BCUT2D eigenvalue weighted by atomic mass is 19.1. The maximum absolute atomic E-state index is 13.3. The number of aryl methyl sites for hydroxylation is 1. The normalized spacial score (nSPS) is 18.5. The van der Waals surface area contributed by atoms with Crippen LogP contribution < -0.4 is 10.9 Å². The number of phenolic OH excluding ortho intramolecular Hbond substituents is 1. The Kier molecular flexibility index (Phi) is 3.16. The van der Waals surface area contributed by atoms with Gasteiger partial charge < -0.3 is 5.11 Å². The maximum Gasteiger partial charge on any atom is 0.265 e. The third-order valence-electron chi connectivity index (χ3n) is 3.65. The number of aromatic nitrogens is 2. The summed E-state index contributed by atoms with van der Waals surface area (Å²) >= 11 is 0. The van der Waals surface area contributed by atoms with Gasteiger partial charge in [-0.05, 0) is 13.3 Å². The molecular formula is C14H12FN3O4. The summed E-state index contributed by atoms with van der Waals surface area (Å²) in [6, 6.07) is 0.972. The molecule has 1 aliphatic rings. The fraction of sp³-hybridized carbons (Fsp3) is 0.286. The second-order valence-electron chi connectivity index (χ2n) is 5.12. The van der Waals surface area contributed by atoms with Crippen LogP contribution in [0.2, 0.25) is 0 Å². The monoisotopic (exact) mass is 305 g/mol. The number of hydrogen-bond donors (Lipinski definition) is 2. The van der Waals surface area contributed by atoms with Crippen molar-refractivity contribution in [3.05, 3.63) is 34.1 Å². The number of nitrogens with zero attached hydrogens (tertiary/aromatic N) is 2. The molecule has 2 N–H and O–H groups in total. The van der Waals surface area contributed by atoms with Crippen molar-refractivity contribution in [3.63, 3.8) is 0 Å². The van der Waals surface area contributed by atoms with E-state index in [1.54, 1.807) is 0 Å². The first-order valence-electron chi connectivity index (χ1n) is 6.63. The van der Waals surface area contributed by atoms with E-state index in [4.69, 9.17) is 0 Å². The second-order valence-corrected chi connectivity index (χ2v) is 5.12. The zero-order valence-corrected chi connectivity index (χ0v) is 11.6. The molecule has 7 nitrogen and oxygen atoms in total. The van der Waals surface area contributed by atoms with Gasteiger partial charge in [0.15, 0.2) is 0 Å². The van der Waals surface area contributed by atoms with E-state index in [0.717, 1.165) is 16.7 Å². The van der Waals surface area contributed by atoms with Crippen molar-refractivity contribution in [2.24, 2.45) is 0 Å². The topological polar surface area (TPSA) is 101 Å². The van der Waals surface area contributed by atoms with E-state index in [1.165, 1.54) is 6.92 Å². The summed E-state index contributed by atoms with van der Waals surface area (Å²) in [4.78, 5) is 39.8. The molecule has 2 heterocycles. The molecule has 1 fully saturated rings. The third-order valence-corrected chi connectivity index (χ3v) is 3.65. The van der Waals surface area contributed by atoms with Crippen molar-refractivity contribution in [2.75, 3.05) is 0 Å². The van der Waals surface area contributed by atoms with Crippen LogP contribution in [-0.4, -0.2) is 26.5 Å². The molecule has 0 unspecified atom stereocenters. The number of rotatable bonds is 1. The summed E-state index contributed by atoms with van der Waals surface area (Å²) < 4.78 is 14.4. The van der Waals surface area contributed by atoms with E-state index >= 15 is 0 Å². The Morgan fingerprint density at radius 1 is 1.36 bits per heavy atom. The summed E-state index contributed by atoms with van der Waals surface area (Å²) in [7, 11) is 0. The van der Waals surface area contributed by atoms with E-state index in [1.807, 2.05) is 0 Å². The number of piperidine rings is 1. The lowest BCUT2D eigenvalue weighted by atomic mass is 10.1. The number of aromatic hydroxyl groups is 1. The Morgan fingerprint density at radius 2 is 2.09 bits per heavy atom. The van der Waals surface area contributed by atoms with Crippen molar-refractivity contribution in [2.45, 2.75) is 25.8 Å². The number of halogens is 1. The lowest BCUT2D eigenvalue weighted by molar-refractivity contribution is -0.135. The molecule has 1 aromatic heterocycles. The number of nitrogens with one attached hydrogen (secondary N) is 1. The second kappa shape index (κ2) is 4.90. The van der Waals surface area contributed by atoms with Crippen molar-refractivity contribution in [1.29, 1.82) is 0 Å². The first-order chi connectivity index (χ1) is 10.4. The van der Waals surface area contributed by atoms with Crippen LogP contribution in [-0.2, 0) is 9.59 Å². The summed E-state index contributed by atoms with van der Waals surface area (Å²) in [6.45, 7) is 1.51. The minimum atomic E-state index is -0.883. The average Bonchev–Trinajstić information content (AvgIpc) is 2.39. The lowest BCUT2D eigenvalue weighted by Gasteiger charge is -2.24. The molecule has 114 valence electrons. The number of carbonyl (C=O) groups excluding carboxylic acids is 2. The molecule has 2 amide bonds. The van der Waals surface area contributed by atoms with Crippen molar-refractivity contribution in [1.82, 2.24) is 14.9 Å². The highest BCUT2D eigenvalue weighted by Gasteiger charge is 2.30. The zero-order valence-electron chi connectivity index (χ0n) is 11.6. The van der Waals surface area contributed by atoms with Crippen LogP contribution in [0.3, 0.4) is 0 Å². The molecule has 1 aromatic carbocycles. The van der Waals surface area contributed by atoms with E-state index in [9.17, 15) is 23.9 Å². The van der Waals surface area contributed by atoms with Crippen molar-refractivity contribution >= 4 is 22.7 Å². The highest BCUT2D eigenvalue weighted by Crippen LogP contribution is 2.24. The molecule has 0 aliphatic carbocycles. The molecule has 8 heteroatoms. The Morgan fingerprint density at radius 3 is 2.77 bits per heavy atom. The van der Waals surface area contributed by atoms with Gasteiger partial charge in [-0.25, -0.2) is 9.37 Å². The van der Waals surface area contributed by atoms with E-state index in [2.05, 4.69) is 10.3 Å². The number of hydrogen-bond acceptors (Lipinski definition) is 5. The van der Waals surface area contributed by atoms with Gasteiger partial charge >= 0.3 is 0 Å². The van der Waals surface area contributed by atoms with Crippen LogP contribution in [0.15, 0.2) is 16.9 Å². The van der Waals surface area contributed by atoms with Crippen LogP contribution in [0.25, 0.3) is 10.9 Å². The molecule has 3 rings (SSSR count). The van der Waals surface area contributed by atoms with E-state index in [0.29, 0.717) is 0 Å². The molecule has 0 bridgehead atoms. The Labute approximate surface area is 123 Å². The molecule has 1 saturated heterocycles. The van der Waals surface area contributed by atoms with Crippen LogP contribution in [0.5, 0.6) is 5.75 Å². The van der Waals surface area contributed by atoms with Gasteiger partial charge in [0.25, 0.3) is 5.56 Å². The first kappa shape index (κ1) is 14.2. The van der Waals surface area contributed by atoms with Crippen LogP contribution in [0.4, 0.5) is 4.39 Å². The quantitative estimate of drug-likeness (QED) is 0.748. The van der Waals surface area contributed by atoms with Gasteiger partial charge in [0.2, 0.25) is 11.8 Å². The third kappa shape index (κ3) is 2.12. The van der Waals surface area contributed by atoms with Crippen LogP contribution in [0.1, 0.15) is 24.7 Å². The Bertz CT molecular complexity index is 874. The number of phenols is 1. The maximum atomic E-state index is 13.3. The van der Waals surface area contributed by atoms with Crippen molar-refractivity contribution in [3.8, 4) is 5.75 Å². The number of fused-ring (bicyclic) bond motifs is 1. The van der Waals surface area contributed by atoms with Gasteiger partial charge in [-0.15, -0.1) is 0 Å². The predicted octanol–water partition coefficient (Wildman–Crippen LogP) is 0.527. The number of amides is 2. The minimum absolute atomic E-state index is 0.0172. The van der Waals surface area contributed by atoms with E-state index in [-0.39, 0.29) is 29.6 Å². The first-order valence-corrected chi connectivity index (χ1v) is 6.63. The Balaban J connectivity index is 2.25. The van der Waals surface area contributed by atoms with Crippen molar-refractivity contribution < 1.29 is 19.1 Å². The Hall–Kier alpha value is -2.77. The number of carbonyl (C=O) groups is 2. The summed E-state index contributed by atoms with van der Waals surface area (Å²) in [6.07, 6.45) is 0.274. The summed E-state index contributed by atoms with van der Waals surface area (Å²) in [5.74, 6) is -2.03. The molecule has 0 spiro atoms. The van der Waals surface area contributed by atoms with Gasteiger partial charge in [-0.1, -0.05) is 0 Å². The van der Waals surface area contributed by atoms with Gasteiger partial charge in [-0.3, -0.25) is 24.3 Å². The fourth-order valence-corrected chi connectivity index (χ4v) is 2.68. The molecule has 1 aliphatic heterocycles. The number of imide groups is 1. The molecule has 1 atom stereocenters. The molecule has 22 heavy (non-hydrogen) atoms. The number of benzene rings is 1. The largest absolute Gasteiger partial charge is 0.507 e. The van der Waals surface area contributed by atoms with Gasteiger partial charge in [-0.2, -0.15) is 0 Å². The molecule has 0 radical (unpaired) electrons. The molecule has 2 aromatic rings. The minimum Gasteiger partial charge on any atom is -0.507 e. The summed E-state index contributed by atoms with van der Waals surface area (Å²) in [5.41, 5.74) is -0.627. The fourth-order valence-electron chi connectivity index (χ4n) is 2.68. The van der Waals surface area contributed by atoms with E-state index < -0.39 is 35.0 Å². The predicted molar refractivity (Wildman–Crippen MR) is 73.8 cm³/mol. The molecular weight excluding hydrogens is 293 g/mol. The van der Waals surface area contributed by atoms with Gasteiger partial charge in [0.05, 0.1) is 5.52 Å². The van der Waals surface area contributed by atoms with Crippen LogP contribution in [0, 0.1) is 12.7 Å².